The highest BCUT2D eigenvalue weighted by Gasteiger charge is 2.11. The van der Waals surface area contributed by atoms with Crippen LogP contribution in [0, 0.1) is 11.3 Å². The van der Waals surface area contributed by atoms with E-state index in [1.165, 1.54) is 14.2 Å². The first-order chi connectivity index (χ1) is 8.10. The monoisotopic (exact) mass is 234 g/mol. The number of benzene rings is 1. The van der Waals surface area contributed by atoms with Crippen LogP contribution in [0.4, 0.5) is 0 Å². The highest BCUT2D eigenvalue weighted by molar-refractivity contribution is 5.95. The second-order valence-electron chi connectivity index (χ2n) is 3.43. The molecule has 0 radical (unpaired) electrons. The maximum Gasteiger partial charge on any atom is 0.252 e. The highest BCUT2D eigenvalue weighted by atomic mass is 16.5. The third-order valence-corrected chi connectivity index (χ3v) is 2.15. The van der Waals surface area contributed by atoms with Gasteiger partial charge in [0.1, 0.15) is 17.5 Å². The molecule has 0 aromatic heterocycles. The summed E-state index contributed by atoms with van der Waals surface area (Å²) >= 11 is 0. The molecule has 1 unspecified atom stereocenters. The van der Waals surface area contributed by atoms with Crippen molar-refractivity contribution < 1.29 is 14.3 Å². The van der Waals surface area contributed by atoms with Gasteiger partial charge in [0.2, 0.25) is 0 Å². The van der Waals surface area contributed by atoms with Crippen molar-refractivity contribution in [1.82, 2.24) is 5.32 Å². The van der Waals surface area contributed by atoms with Crippen LogP contribution in [0.3, 0.4) is 0 Å². The molecule has 0 aliphatic carbocycles. The summed E-state index contributed by atoms with van der Waals surface area (Å²) in [5.41, 5.74) is 0.392. The molecule has 5 nitrogen and oxygen atoms in total. The van der Waals surface area contributed by atoms with Crippen molar-refractivity contribution >= 4 is 5.91 Å². The summed E-state index contributed by atoms with van der Waals surface area (Å²) in [7, 11) is 3.02. The van der Waals surface area contributed by atoms with Crippen LogP contribution < -0.4 is 14.8 Å². The van der Waals surface area contributed by atoms with Gasteiger partial charge in [-0.3, -0.25) is 4.79 Å². The summed E-state index contributed by atoms with van der Waals surface area (Å²) in [6.45, 7) is 1.61. The van der Waals surface area contributed by atoms with Crippen LogP contribution in [0.15, 0.2) is 18.2 Å². The number of nitrogens with one attached hydrogen (secondary N) is 1. The van der Waals surface area contributed by atoms with Crippen molar-refractivity contribution in [2.75, 3.05) is 14.2 Å². The van der Waals surface area contributed by atoms with E-state index in [1.54, 1.807) is 25.1 Å². The molecule has 1 aromatic rings. The minimum absolute atomic E-state index is 0.337. The Morgan fingerprint density at radius 1 is 1.29 bits per heavy atom. The molecule has 0 spiro atoms. The molecule has 0 saturated heterocycles. The van der Waals surface area contributed by atoms with Crippen LogP contribution in [-0.2, 0) is 0 Å². The number of hydrogen-bond acceptors (Lipinski definition) is 4. The van der Waals surface area contributed by atoms with E-state index in [0.717, 1.165) is 0 Å². The van der Waals surface area contributed by atoms with E-state index in [0.29, 0.717) is 17.1 Å². The van der Waals surface area contributed by atoms with Crippen molar-refractivity contribution in [3.63, 3.8) is 0 Å². The maximum atomic E-state index is 11.8. The molecule has 17 heavy (non-hydrogen) atoms. The van der Waals surface area contributed by atoms with Crippen LogP contribution in [-0.4, -0.2) is 26.2 Å². The van der Waals surface area contributed by atoms with E-state index in [4.69, 9.17) is 14.7 Å². The zero-order valence-electron chi connectivity index (χ0n) is 9.98. The quantitative estimate of drug-likeness (QED) is 0.853. The number of carbonyl (C=O) groups is 1. The molecule has 0 bridgehead atoms. The summed E-state index contributed by atoms with van der Waals surface area (Å²) in [4.78, 5) is 11.8. The lowest BCUT2D eigenvalue weighted by Gasteiger charge is -2.09. The van der Waals surface area contributed by atoms with Gasteiger partial charge in [-0.05, 0) is 19.1 Å². The fourth-order valence-electron chi connectivity index (χ4n) is 1.25. The van der Waals surface area contributed by atoms with Crippen LogP contribution >= 0.6 is 0 Å². The summed E-state index contributed by atoms with van der Waals surface area (Å²) in [6, 6.07) is 6.23. The molecule has 0 fully saturated rings. The number of methoxy groups -OCH3 is 2. The predicted octanol–water partition coefficient (Wildman–Crippen LogP) is 1.35. The molecule has 1 rings (SSSR count). The zero-order chi connectivity index (χ0) is 12.8. The third-order valence-electron chi connectivity index (χ3n) is 2.15. The van der Waals surface area contributed by atoms with Gasteiger partial charge in [0.15, 0.2) is 0 Å². The lowest BCUT2D eigenvalue weighted by Crippen LogP contribution is -2.31. The summed E-state index contributed by atoms with van der Waals surface area (Å²) in [6.07, 6.45) is 0. The number of ether oxygens (including phenoxy) is 2. The van der Waals surface area contributed by atoms with Gasteiger partial charge in [-0.15, -0.1) is 0 Å². The summed E-state index contributed by atoms with van der Waals surface area (Å²) in [5, 5.41) is 11.2. The lowest BCUT2D eigenvalue weighted by molar-refractivity contribution is 0.0947. The molecular weight excluding hydrogens is 220 g/mol. The van der Waals surface area contributed by atoms with Gasteiger partial charge in [0, 0.05) is 11.6 Å². The van der Waals surface area contributed by atoms with Gasteiger partial charge >= 0.3 is 0 Å². The van der Waals surface area contributed by atoms with E-state index in [1.807, 2.05) is 6.07 Å². The zero-order valence-corrected chi connectivity index (χ0v) is 9.98. The average molecular weight is 234 g/mol. The molecule has 1 N–H and O–H groups in total. The number of rotatable bonds is 4. The molecule has 5 heteroatoms. The largest absolute Gasteiger partial charge is 0.497 e. The first-order valence-corrected chi connectivity index (χ1v) is 5.04. The molecule has 1 atom stereocenters. The Kier molecular flexibility index (Phi) is 4.35. The van der Waals surface area contributed by atoms with Gasteiger partial charge in [-0.2, -0.15) is 5.26 Å². The van der Waals surface area contributed by atoms with Crippen LogP contribution in [0.1, 0.15) is 17.3 Å². The maximum absolute atomic E-state index is 11.8. The fraction of sp³-hybridized carbons (Fsp3) is 0.333. The number of amides is 1. The highest BCUT2D eigenvalue weighted by Crippen LogP contribution is 2.22. The molecule has 0 aliphatic heterocycles. The molecule has 0 aliphatic rings. The van der Waals surface area contributed by atoms with Gasteiger partial charge in [-0.25, -0.2) is 0 Å². The number of nitriles is 1. The van der Waals surface area contributed by atoms with E-state index in [2.05, 4.69) is 5.32 Å². The van der Waals surface area contributed by atoms with Gasteiger partial charge < -0.3 is 14.8 Å². The standard InChI is InChI=1S/C12H14N2O3/c1-8(7-13)14-12(15)9-4-10(16-2)6-11(5-9)17-3/h4-6,8H,1-3H3,(H,14,15). The number of nitrogens with zero attached hydrogens (tertiary/aromatic N) is 1. The lowest BCUT2D eigenvalue weighted by atomic mass is 10.1. The molecule has 0 saturated carbocycles. The van der Waals surface area contributed by atoms with E-state index < -0.39 is 6.04 Å². The van der Waals surface area contributed by atoms with Gasteiger partial charge in [0.25, 0.3) is 5.91 Å². The smallest absolute Gasteiger partial charge is 0.252 e. The van der Waals surface area contributed by atoms with Crippen molar-refractivity contribution in [3.05, 3.63) is 23.8 Å². The van der Waals surface area contributed by atoms with E-state index in [9.17, 15) is 4.79 Å². The second kappa shape index (κ2) is 5.75. The molecular formula is C12H14N2O3. The fourth-order valence-corrected chi connectivity index (χ4v) is 1.25. The number of hydrogen-bond donors (Lipinski definition) is 1. The third kappa shape index (κ3) is 3.38. The normalized spacial score (nSPS) is 11.2. The minimum atomic E-state index is -0.542. The Labute approximate surface area is 100.0 Å². The SMILES string of the molecule is COc1cc(OC)cc(C(=O)NC(C)C#N)c1. The molecule has 1 amide bonds. The van der Waals surface area contributed by atoms with E-state index in [-0.39, 0.29) is 5.91 Å². The Morgan fingerprint density at radius 3 is 2.24 bits per heavy atom. The van der Waals surface area contributed by atoms with Crippen molar-refractivity contribution in [3.8, 4) is 17.6 Å². The number of carbonyl (C=O) groups excluding carboxylic acids is 1. The van der Waals surface area contributed by atoms with Crippen LogP contribution in [0.2, 0.25) is 0 Å². The Bertz CT molecular complexity index is 429. The van der Waals surface area contributed by atoms with Crippen LogP contribution in [0.5, 0.6) is 11.5 Å². The van der Waals surface area contributed by atoms with Crippen molar-refractivity contribution in [2.24, 2.45) is 0 Å². The van der Waals surface area contributed by atoms with Crippen molar-refractivity contribution in [2.45, 2.75) is 13.0 Å². The summed E-state index contributed by atoms with van der Waals surface area (Å²) < 4.78 is 10.1. The van der Waals surface area contributed by atoms with Gasteiger partial charge in [-0.1, -0.05) is 0 Å². The molecule has 1 aromatic carbocycles. The summed E-state index contributed by atoms with van der Waals surface area (Å²) in [5.74, 6) is 0.717. The Hall–Kier alpha value is -2.22. The first kappa shape index (κ1) is 12.8. The van der Waals surface area contributed by atoms with E-state index >= 15 is 0 Å². The van der Waals surface area contributed by atoms with Crippen LogP contribution in [0.25, 0.3) is 0 Å². The predicted molar refractivity (Wildman–Crippen MR) is 62.1 cm³/mol. The average Bonchev–Trinajstić information content (AvgIpc) is 2.37. The topological polar surface area (TPSA) is 71.3 Å². The Morgan fingerprint density at radius 2 is 1.82 bits per heavy atom. The minimum Gasteiger partial charge on any atom is -0.497 e. The molecule has 0 heterocycles. The van der Waals surface area contributed by atoms with Gasteiger partial charge in [0.05, 0.1) is 20.3 Å². The first-order valence-electron chi connectivity index (χ1n) is 5.04. The second-order valence-corrected chi connectivity index (χ2v) is 3.43. The van der Waals surface area contributed by atoms with Crippen molar-refractivity contribution in [1.29, 1.82) is 5.26 Å². The Balaban J connectivity index is 2.97. The molecule has 90 valence electrons.